The number of esters is 1. The van der Waals surface area contributed by atoms with Crippen LogP contribution in [0, 0.1) is 0 Å². The first-order valence-electron chi connectivity index (χ1n) is 4.25. The van der Waals surface area contributed by atoms with E-state index in [2.05, 4.69) is 6.58 Å². The molecule has 0 aromatic heterocycles. The molecular weight excluding hydrogens is 204 g/mol. The highest BCUT2D eigenvalue weighted by atomic mass is 32.2. The lowest BCUT2D eigenvalue weighted by molar-refractivity contribution is -0.137. The molecule has 0 atom stereocenters. The summed E-state index contributed by atoms with van der Waals surface area (Å²) in [5.41, 5.74) is 0. The summed E-state index contributed by atoms with van der Waals surface area (Å²) >= 11 is 1.57. The van der Waals surface area contributed by atoms with Crippen molar-refractivity contribution >= 4 is 23.7 Å². The first-order valence-corrected chi connectivity index (χ1v) is 5.41. The Kier molecular flexibility index (Phi) is 8.02. The minimum Gasteiger partial charge on any atom is -0.481 e. The van der Waals surface area contributed by atoms with E-state index in [4.69, 9.17) is 9.84 Å². The Balaban J connectivity index is 3.10. The molecule has 0 aromatic carbocycles. The number of hydrogen-bond acceptors (Lipinski definition) is 4. The number of rotatable bonds is 8. The van der Waals surface area contributed by atoms with Gasteiger partial charge in [0, 0.05) is 18.2 Å². The van der Waals surface area contributed by atoms with Crippen LogP contribution in [0.4, 0.5) is 0 Å². The van der Waals surface area contributed by atoms with E-state index in [9.17, 15) is 9.59 Å². The average molecular weight is 218 g/mol. The molecule has 1 N–H and O–H groups in total. The third kappa shape index (κ3) is 9.12. The highest BCUT2D eigenvalue weighted by molar-refractivity contribution is 7.99. The molecule has 80 valence electrons. The van der Waals surface area contributed by atoms with Crippen LogP contribution in [0.2, 0.25) is 0 Å². The Labute approximate surface area is 87.3 Å². The summed E-state index contributed by atoms with van der Waals surface area (Å²) in [7, 11) is 0. The first-order chi connectivity index (χ1) is 6.66. The van der Waals surface area contributed by atoms with Gasteiger partial charge in [-0.1, -0.05) is 6.58 Å². The number of hydrogen-bond donors (Lipinski definition) is 1. The fraction of sp³-hybridized carbons (Fsp3) is 0.556. The summed E-state index contributed by atoms with van der Waals surface area (Å²) in [4.78, 5) is 20.7. The van der Waals surface area contributed by atoms with Gasteiger partial charge in [0.15, 0.2) is 0 Å². The van der Waals surface area contributed by atoms with Crippen LogP contribution in [0.1, 0.15) is 12.8 Å². The molecule has 0 aliphatic heterocycles. The Morgan fingerprint density at radius 3 is 2.71 bits per heavy atom. The van der Waals surface area contributed by atoms with Crippen molar-refractivity contribution in [2.45, 2.75) is 12.8 Å². The van der Waals surface area contributed by atoms with Gasteiger partial charge < -0.3 is 9.84 Å². The molecule has 4 nitrogen and oxygen atoms in total. The normalized spacial score (nSPS) is 9.43. The van der Waals surface area contributed by atoms with Crippen molar-refractivity contribution in [3.8, 4) is 0 Å². The molecule has 0 saturated heterocycles. The largest absolute Gasteiger partial charge is 0.481 e. The smallest absolute Gasteiger partial charge is 0.330 e. The predicted octanol–water partition coefficient (Wildman–Crippen LogP) is 1.31. The van der Waals surface area contributed by atoms with Crippen molar-refractivity contribution < 1.29 is 19.4 Å². The summed E-state index contributed by atoms with van der Waals surface area (Å²) in [6.45, 7) is 3.61. The maximum atomic E-state index is 10.6. The number of thioether (sulfide) groups is 1. The summed E-state index contributed by atoms with van der Waals surface area (Å²) in [5, 5.41) is 8.33. The SMILES string of the molecule is C=CC(=O)OCCSCCCC(=O)O. The molecule has 0 amide bonds. The quantitative estimate of drug-likeness (QED) is 0.378. The molecule has 0 aliphatic rings. The minimum atomic E-state index is -0.774. The van der Waals surface area contributed by atoms with Gasteiger partial charge in [-0.25, -0.2) is 4.79 Å². The lowest BCUT2D eigenvalue weighted by Crippen LogP contribution is -2.04. The summed E-state index contributed by atoms with van der Waals surface area (Å²) in [5.74, 6) is 0.275. The van der Waals surface area contributed by atoms with E-state index in [1.165, 1.54) is 0 Å². The first kappa shape index (κ1) is 13.0. The zero-order chi connectivity index (χ0) is 10.8. The second kappa shape index (κ2) is 8.62. The highest BCUT2D eigenvalue weighted by Crippen LogP contribution is 2.04. The van der Waals surface area contributed by atoms with Gasteiger partial charge in [0.2, 0.25) is 0 Å². The molecule has 0 spiro atoms. The fourth-order valence-electron chi connectivity index (χ4n) is 0.688. The van der Waals surface area contributed by atoms with E-state index in [0.29, 0.717) is 18.8 Å². The molecule has 0 aromatic rings. The molecule has 14 heavy (non-hydrogen) atoms. The second-order valence-electron chi connectivity index (χ2n) is 2.48. The Morgan fingerprint density at radius 1 is 1.43 bits per heavy atom. The molecule has 0 heterocycles. The van der Waals surface area contributed by atoms with E-state index >= 15 is 0 Å². The van der Waals surface area contributed by atoms with Crippen LogP contribution in [0.3, 0.4) is 0 Å². The van der Waals surface area contributed by atoms with Crippen molar-refractivity contribution in [1.29, 1.82) is 0 Å². The van der Waals surface area contributed by atoms with E-state index in [0.717, 1.165) is 11.8 Å². The molecule has 0 saturated carbocycles. The maximum absolute atomic E-state index is 10.6. The van der Waals surface area contributed by atoms with Gasteiger partial charge in [-0.05, 0) is 12.2 Å². The lowest BCUT2D eigenvalue weighted by atomic mass is 10.3. The Morgan fingerprint density at radius 2 is 2.14 bits per heavy atom. The van der Waals surface area contributed by atoms with E-state index in [1.807, 2.05) is 0 Å². The minimum absolute atomic E-state index is 0.194. The molecule has 0 rings (SSSR count). The number of ether oxygens (including phenoxy) is 1. The molecule has 0 unspecified atom stereocenters. The van der Waals surface area contributed by atoms with Crippen molar-refractivity contribution in [1.82, 2.24) is 0 Å². The lowest BCUT2D eigenvalue weighted by Gasteiger charge is -2.01. The Hall–Kier alpha value is -0.970. The number of aliphatic carboxylic acids is 1. The van der Waals surface area contributed by atoms with Gasteiger partial charge >= 0.3 is 11.9 Å². The van der Waals surface area contributed by atoms with Crippen LogP contribution in [-0.4, -0.2) is 35.2 Å². The average Bonchev–Trinajstić information content (AvgIpc) is 2.15. The van der Waals surface area contributed by atoms with Crippen molar-refractivity contribution in [2.24, 2.45) is 0 Å². The third-order valence-corrected chi connectivity index (χ3v) is 2.35. The van der Waals surface area contributed by atoms with Crippen LogP contribution >= 0.6 is 11.8 Å². The fourth-order valence-corrected chi connectivity index (χ4v) is 1.44. The van der Waals surface area contributed by atoms with E-state index in [-0.39, 0.29) is 6.42 Å². The van der Waals surface area contributed by atoms with Gasteiger partial charge in [-0.2, -0.15) is 11.8 Å². The van der Waals surface area contributed by atoms with Gasteiger partial charge in [-0.3, -0.25) is 4.79 Å². The molecule has 0 aliphatic carbocycles. The van der Waals surface area contributed by atoms with Crippen molar-refractivity contribution in [2.75, 3.05) is 18.1 Å². The highest BCUT2D eigenvalue weighted by Gasteiger charge is 1.97. The van der Waals surface area contributed by atoms with Crippen LogP contribution < -0.4 is 0 Å². The zero-order valence-electron chi connectivity index (χ0n) is 7.90. The second-order valence-corrected chi connectivity index (χ2v) is 3.71. The van der Waals surface area contributed by atoms with Crippen LogP contribution in [0.5, 0.6) is 0 Å². The standard InChI is InChI=1S/C9H14O4S/c1-2-9(12)13-5-7-14-6-3-4-8(10)11/h2H,1,3-7H2,(H,10,11). The van der Waals surface area contributed by atoms with Crippen molar-refractivity contribution in [3.63, 3.8) is 0 Å². The molecular formula is C9H14O4S. The van der Waals surface area contributed by atoms with Crippen LogP contribution in [-0.2, 0) is 14.3 Å². The molecule has 5 heteroatoms. The molecule has 0 radical (unpaired) electrons. The predicted molar refractivity (Wildman–Crippen MR) is 55.4 cm³/mol. The summed E-state index contributed by atoms with van der Waals surface area (Å²) < 4.78 is 4.72. The maximum Gasteiger partial charge on any atom is 0.330 e. The van der Waals surface area contributed by atoms with E-state index < -0.39 is 11.9 Å². The molecule has 0 fully saturated rings. The topological polar surface area (TPSA) is 63.6 Å². The molecule has 0 bridgehead atoms. The summed E-state index contributed by atoms with van der Waals surface area (Å²) in [6, 6.07) is 0. The van der Waals surface area contributed by atoms with Gasteiger partial charge in [0.1, 0.15) is 6.61 Å². The number of carboxylic acids is 1. The van der Waals surface area contributed by atoms with Gasteiger partial charge in [0.25, 0.3) is 0 Å². The van der Waals surface area contributed by atoms with Gasteiger partial charge in [0.05, 0.1) is 0 Å². The van der Waals surface area contributed by atoms with Crippen LogP contribution in [0.15, 0.2) is 12.7 Å². The van der Waals surface area contributed by atoms with Gasteiger partial charge in [-0.15, -0.1) is 0 Å². The van der Waals surface area contributed by atoms with E-state index in [1.54, 1.807) is 11.8 Å². The number of carbonyl (C=O) groups excluding carboxylic acids is 1. The van der Waals surface area contributed by atoms with Crippen molar-refractivity contribution in [3.05, 3.63) is 12.7 Å². The third-order valence-electron chi connectivity index (χ3n) is 1.32. The Bertz CT molecular complexity index is 203. The van der Waals surface area contributed by atoms with Crippen LogP contribution in [0.25, 0.3) is 0 Å². The summed E-state index contributed by atoms with van der Waals surface area (Å²) in [6.07, 6.45) is 1.96. The monoisotopic (exact) mass is 218 g/mol. The number of carbonyl (C=O) groups is 2. The number of carboxylic acid groups (broad SMARTS) is 1. The zero-order valence-corrected chi connectivity index (χ0v) is 8.72.